The second-order valence-electron chi connectivity index (χ2n) is 7.59. The lowest BCUT2D eigenvalue weighted by Crippen LogP contribution is -2.35. The molecule has 1 fully saturated rings. The monoisotopic (exact) mass is 326 g/mol. The zero-order chi connectivity index (χ0) is 16.8. The van der Waals surface area contributed by atoms with E-state index in [1.165, 1.54) is 83.5 Å². The van der Waals surface area contributed by atoms with Gasteiger partial charge in [-0.2, -0.15) is 0 Å². The van der Waals surface area contributed by atoms with E-state index in [-0.39, 0.29) is 6.29 Å². The van der Waals surface area contributed by atoms with Crippen LogP contribution in [0.15, 0.2) is 0 Å². The number of hydrogen-bond donors (Lipinski definition) is 0. The van der Waals surface area contributed by atoms with Crippen LogP contribution < -0.4 is 0 Å². The van der Waals surface area contributed by atoms with Gasteiger partial charge in [0.2, 0.25) is 0 Å². The minimum Gasteiger partial charge on any atom is -0.350 e. The van der Waals surface area contributed by atoms with E-state index in [9.17, 15) is 0 Å². The molecule has 1 saturated heterocycles. The summed E-state index contributed by atoms with van der Waals surface area (Å²) in [6.45, 7) is 6.61. The molecule has 23 heavy (non-hydrogen) atoms. The fourth-order valence-corrected chi connectivity index (χ4v) is 3.59. The number of ether oxygens (including phenoxy) is 2. The van der Waals surface area contributed by atoms with Gasteiger partial charge in [0.1, 0.15) is 0 Å². The fourth-order valence-electron chi connectivity index (χ4n) is 3.59. The van der Waals surface area contributed by atoms with Crippen molar-refractivity contribution in [1.29, 1.82) is 0 Å². The molecular weight excluding hydrogens is 284 g/mol. The van der Waals surface area contributed by atoms with Gasteiger partial charge in [-0.3, -0.25) is 0 Å². The highest BCUT2D eigenvalue weighted by Crippen LogP contribution is 2.22. The second-order valence-corrected chi connectivity index (χ2v) is 7.59. The summed E-state index contributed by atoms with van der Waals surface area (Å²) in [5.74, 6) is 0. The zero-order valence-electron chi connectivity index (χ0n) is 16.2. The predicted octanol–water partition coefficient (Wildman–Crippen LogP) is 7.01. The molecule has 0 aliphatic carbocycles. The molecule has 2 nitrogen and oxygen atoms in total. The lowest BCUT2D eigenvalue weighted by Gasteiger charge is -2.32. The molecule has 0 amide bonds. The van der Waals surface area contributed by atoms with Crippen molar-refractivity contribution in [1.82, 2.24) is 0 Å². The molecule has 0 aromatic carbocycles. The molecule has 0 spiro atoms. The summed E-state index contributed by atoms with van der Waals surface area (Å²) in [5, 5.41) is 0. The summed E-state index contributed by atoms with van der Waals surface area (Å²) >= 11 is 0. The highest BCUT2D eigenvalue weighted by Gasteiger charge is 2.24. The molecule has 0 radical (unpaired) electrons. The van der Waals surface area contributed by atoms with E-state index in [0.29, 0.717) is 12.2 Å². The highest BCUT2D eigenvalue weighted by atomic mass is 16.7. The van der Waals surface area contributed by atoms with Crippen molar-refractivity contribution in [3.8, 4) is 0 Å². The molecule has 0 bridgehead atoms. The number of rotatable bonds is 14. The number of unbranched alkanes of at least 4 members (excludes halogenated alkanes) is 12. The molecule has 1 aliphatic rings. The standard InChI is InChI=1S/C21H42O2/c1-4-5-6-7-8-9-10-11-12-13-14-15-16-17-21-22-19(2)18-20(3)23-21/h19-21H,4-18H2,1-3H3. The van der Waals surface area contributed by atoms with Crippen molar-refractivity contribution in [2.45, 2.75) is 136 Å². The number of hydrogen-bond acceptors (Lipinski definition) is 2. The Morgan fingerprint density at radius 3 is 1.43 bits per heavy atom. The van der Waals surface area contributed by atoms with Crippen molar-refractivity contribution >= 4 is 0 Å². The van der Waals surface area contributed by atoms with Crippen LogP contribution in [0.5, 0.6) is 0 Å². The average Bonchev–Trinajstić information content (AvgIpc) is 2.51. The highest BCUT2D eigenvalue weighted by molar-refractivity contribution is 4.66. The molecule has 0 N–H and O–H groups in total. The van der Waals surface area contributed by atoms with Gasteiger partial charge < -0.3 is 9.47 Å². The molecule has 2 unspecified atom stereocenters. The van der Waals surface area contributed by atoms with Crippen molar-refractivity contribution in [3.05, 3.63) is 0 Å². The van der Waals surface area contributed by atoms with Gasteiger partial charge >= 0.3 is 0 Å². The predicted molar refractivity (Wildman–Crippen MR) is 99.8 cm³/mol. The molecule has 138 valence electrons. The first-order chi connectivity index (χ1) is 11.2. The summed E-state index contributed by atoms with van der Waals surface area (Å²) < 4.78 is 11.7. The first-order valence-corrected chi connectivity index (χ1v) is 10.5. The van der Waals surface area contributed by atoms with Crippen LogP contribution in [-0.2, 0) is 9.47 Å². The molecule has 1 aliphatic heterocycles. The lowest BCUT2D eigenvalue weighted by molar-refractivity contribution is -0.236. The van der Waals surface area contributed by atoms with Gasteiger partial charge in [-0.05, 0) is 33.1 Å². The average molecular weight is 327 g/mol. The maximum absolute atomic E-state index is 5.84. The first kappa shape index (κ1) is 21.0. The Labute approximate surface area is 145 Å². The Hall–Kier alpha value is -0.0800. The maximum atomic E-state index is 5.84. The van der Waals surface area contributed by atoms with Crippen LogP contribution >= 0.6 is 0 Å². The third-order valence-corrected chi connectivity index (χ3v) is 4.98. The Kier molecular flexibility index (Phi) is 13.0. The Bertz CT molecular complexity index is 244. The molecule has 2 heteroatoms. The smallest absolute Gasteiger partial charge is 0.158 e. The van der Waals surface area contributed by atoms with Crippen LogP contribution in [0.1, 0.15) is 117 Å². The lowest BCUT2D eigenvalue weighted by atomic mass is 10.0. The largest absolute Gasteiger partial charge is 0.350 e. The van der Waals surface area contributed by atoms with Crippen LogP contribution in [0.25, 0.3) is 0 Å². The minimum atomic E-state index is 0.0569. The van der Waals surface area contributed by atoms with Crippen LogP contribution in [0, 0.1) is 0 Å². The van der Waals surface area contributed by atoms with E-state index in [4.69, 9.17) is 9.47 Å². The quantitative estimate of drug-likeness (QED) is 0.320. The topological polar surface area (TPSA) is 18.5 Å². The Morgan fingerprint density at radius 2 is 1.00 bits per heavy atom. The van der Waals surface area contributed by atoms with Gasteiger partial charge in [-0.15, -0.1) is 0 Å². The third kappa shape index (κ3) is 12.0. The summed E-state index contributed by atoms with van der Waals surface area (Å²) in [7, 11) is 0. The fraction of sp³-hybridized carbons (Fsp3) is 1.00. The van der Waals surface area contributed by atoms with Crippen molar-refractivity contribution in [2.24, 2.45) is 0 Å². The summed E-state index contributed by atoms with van der Waals surface area (Å²) in [6, 6.07) is 0. The van der Waals surface area contributed by atoms with Gasteiger partial charge in [0.05, 0.1) is 12.2 Å². The minimum absolute atomic E-state index is 0.0569. The second kappa shape index (κ2) is 14.3. The molecular formula is C21H42O2. The van der Waals surface area contributed by atoms with Crippen molar-refractivity contribution in [2.75, 3.05) is 0 Å². The Balaban J connectivity index is 1.78. The van der Waals surface area contributed by atoms with Gasteiger partial charge in [0, 0.05) is 0 Å². The van der Waals surface area contributed by atoms with Gasteiger partial charge in [0.15, 0.2) is 6.29 Å². The molecule has 1 rings (SSSR count). The van der Waals surface area contributed by atoms with Crippen molar-refractivity contribution < 1.29 is 9.47 Å². The van der Waals surface area contributed by atoms with Gasteiger partial charge in [-0.1, -0.05) is 84.0 Å². The SMILES string of the molecule is CCCCCCCCCCCCCCCC1OC(C)CC(C)O1. The van der Waals surface area contributed by atoms with E-state index in [1.54, 1.807) is 0 Å². The molecule has 2 atom stereocenters. The van der Waals surface area contributed by atoms with E-state index in [0.717, 1.165) is 12.8 Å². The van der Waals surface area contributed by atoms with E-state index >= 15 is 0 Å². The van der Waals surface area contributed by atoms with E-state index in [1.807, 2.05) is 0 Å². The zero-order valence-corrected chi connectivity index (χ0v) is 16.2. The first-order valence-electron chi connectivity index (χ1n) is 10.5. The Morgan fingerprint density at radius 1 is 0.609 bits per heavy atom. The van der Waals surface area contributed by atoms with Crippen LogP contribution in [0.3, 0.4) is 0 Å². The van der Waals surface area contributed by atoms with Gasteiger partial charge in [0.25, 0.3) is 0 Å². The summed E-state index contributed by atoms with van der Waals surface area (Å²) in [5.41, 5.74) is 0. The third-order valence-electron chi connectivity index (χ3n) is 4.98. The van der Waals surface area contributed by atoms with E-state index < -0.39 is 0 Å². The van der Waals surface area contributed by atoms with Gasteiger partial charge in [-0.25, -0.2) is 0 Å². The normalized spacial score (nSPS) is 24.9. The van der Waals surface area contributed by atoms with E-state index in [2.05, 4.69) is 20.8 Å². The molecule has 0 aromatic rings. The summed E-state index contributed by atoms with van der Waals surface area (Å²) in [4.78, 5) is 0. The van der Waals surface area contributed by atoms with Crippen molar-refractivity contribution in [3.63, 3.8) is 0 Å². The molecule has 1 heterocycles. The van der Waals surface area contributed by atoms with Crippen LogP contribution in [0.4, 0.5) is 0 Å². The maximum Gasteiger partial charge on any atom is 0.158 e. The molecule has 0 aromatic heterocycles. The summed E-state index contributed by atoms with van der Waals surface area (Å²) in [6.07, 6.45) is 21.2. The van der Waals surface area contributed by atoms with Crippen LogP contribution in [0.2, 0.25) is 0 Å². The van der Waals surface area contributed by atoms with Crippen LogP contribution in [-0.4, -0.2) is 18.5 Å². The molecule has 0 saturated carbocycles.